The Bertz CT molecular complexity index is 442. The normalized spacial score (nSPS) is 13.8. The minimum Gasteiger partial charge on any atom is -0.504 e. The lowest BCUT2D eigenvalue weighted by Crippen LogP contribution is -2.27. The van der Waals surface area contributed by atoms with Crippen molar-refractivity contribution in [2.75, 3.05) is 13.7 Å². The van der Waals surface area contributed by atoms with Crippen LogP contribution in [0.15, 0.2) is 12.1 Å². The summed E-state index contributed by atoms with van der Waals surface area (Å²) >= 11 is 0. The number of methoxy groups -OCH3 is 1. The van der Waals surface area contributed by atoms with Crippen LogP contribution < -0.4 is 10.5 Å². The highest BCUT2D eigenvalue weighted by Gasteiger charge is 2.23. The molecule has 1 aromatic rings. The molecule has 0 aliphatic carbocycles. The van der Waals surface area contributed by atoms with E-state index in [-0.39, 0.29) is 29.2 Å². The predicted molar refractivity (Wildman–Crippen MR) is 59.4 cm³/mol. The van der Waals surface area contributed by atoms with Crippen LogP contribution in [0.3, 0.4) is 0 Å². The average molecular weight is 238 g/mol. The maximum absolute atomic E-state index is 9.78. The lowest BCUT2D eigenvalue weighted by molar-refractivity contribution is 0.0227. The number of phenols is 1. The summed E-state index contributed by atoms with van der Waals surface area (Å²) in [6.45, 7) is -0.167. The summed E-state index contributed by atoms with van der Waals surface area (Å²) in [5.74, 6) is -0.256. The van der Waals surface area contributed by atoms with Gasteiger partial charge in [-0.25, -0.2) is 0 Å². The number of phenolic OH excluding ortho intramolecular Hbond substituents is 1. The second-order valence-corrected chi connectivity index (χ2v) is 3.48. The number of hydrogen-bond donors (Lipinski definition) is 4. The van der Waals surface area contributed by atoms with E-state index in [0.717, 1.165) is 0 Å². The molecule has 1 rings (SSSR count). The molecular formula is C11H14N2O4. The summed E-state index contributed by atoms with van der Waals surface area (Å²) in [5, 5.41) is 37.7. The SMILES string of the molecule is COc1cc(C#N)cc(C(O)C(O)CN)c1O. The van der Waals surface area contributed by atoms with Crippen molar-refractivity contribution in [2.45, 2.75) is 12.2 Å². The Hall–Kier alpha value is -1.81. The molecule has 5 N–H and O–H groups in total. The van der Waals surface area contributed by atoms with Gasteiger partial charge in [0.1, 0.15) is 6.10 Å². The Labute approximate surface area is 98.5 Å². The van der Waals surface area contributed by atoms with Crippen LogP contribution in [0.4, 0.5) is 0 Å². The standard InChI is InChI=1S/C11H14N2O4/c1-17-9-3-6(4-12)2-7(11(9)16)10(15)8(14)5-13/h2-3,8,10,14-16H,5,13H2,1H3. The van der Waals surface area contributed by atoms with Crippen LogP contribution in [-0.4, -0.2) is 35.1 Å². The van der Waals surface area contributed by atoms with Crippen LogP contribution in [0.25, 0.3) is 0 Å². The molecule has 0 fully saturated rings. The van der Waals surface area contributed by atoms with Crippen LogP contribution in [0.5, 0.6) is 11.5 Å². The highest BCUT2D eigenvalue weighted by molar-refractivity contribution is 5.52. The Balaban J connectivity index is 3.27. The van der Waals surface area contributed by atoms with Crippen molar-refractivity contribution in [3.05, 3.63) is 23.3 Å². The third-order valence-electron chi connectivity index (χ3n) is 2.38. The topological polar surface area (TPSA) is 120 Å². The predicted octanol–water partition coefficient (Wildman–Crippen LogP) is -0.375. The number of aliphatic hydroxyl groups excluding tert-OH is 2. The van der Waals surface area contributed by atoms with Gasteiger partial charge in [-0.15, -0.1) is 0 Å². The Kier molecular flexibility index (Phi) is 4.29. The molecule has 2 atom stereocenters. The van der Waals surface area contributed by atoms with E-state index in [9.17, 15) is 15.3 Å². The number of benzene rings is 1. The first kappa shape index (κ1) is 13.3. The molecule has 0 aromatic heterocycles. The molecule has 0 bridgehead atoms. The van der Waals surface area contributed by atoms with E-state index in [0.29, 0.717) is 0 Å². The molecule has 6 heteroatoms. The number of aromatic hydroxyl groups is 1. The molecule has 17 heavy (non-hydrogen) atoms. The Morgan fingerprint density at radius 2 is 2.12 bits per heavy atom. The zero-order chi connectivity index (χ0) is 13.0. The van der Waals surface area contributed by atoms with E-state index in [1.54, 1.807) is 0 Å². The van der Waals surface area contributed by atoms with Gasteiger partial charge in [-0.1, -0.05) is 0 Å². The molecule has 0 aliphatic rings. The average Bonchev–Trinajstić information content (AvgIpc) is 2.37. The number of rotatable bonds is 4. The van der Waals surface area contributed by atoms with Crippen LogP contribution >= 0.6 is 0 Å². The van der Waals surface area contributed by atoms with Gasteiger partial charge in [0.15, 0.2) is 11.5 Å². The number of nitrogens with two attached hydrogens (primary N) is 1. The van der Waals surface area contributed by atoms with Crippen LogP contribution in [0.1, 0.15) is 17.2 Å². The van der Waals surface area contributed by atoms with Gasteiger partial charge in [0.05, 0.1) is 24.8 Å². The molecule has 2 unspecified atom stereocenters. The highest BCUT2D eigenvalue weighted by atomic mass is 16.5. The quantitative estimate of drug-likeness (QED) is 0.568. The van der Waals surface area contributed by atoms with E-state index in [4.69, 9.17) is 15.7 Å². The Morgan fingerprint density at radius 3 is 2.59 bits per heavy atom. The number of nitriles is 1. The second-order valence-electron chi connectivity index (χ2n) is 3.48. The molecule has 0 saturated heterocycles. The van der Waals surface area contributed by atoms with E-state index in [2.05, 4.69) is 0 Å². The largest absolute Gasteiger partial charge is 0.504 e. The van der Waals surface area contributed by atoms with Crippen molar-refractivity contribution in [3.8, 4) is 17.6 Å². The molecule has 0 amide bonds. The molecule has 0 saturated carbocycles. The summed E-state index contributed by atoms with van der Waals surface area (Å²) in [7, 11) is 1.33. The molecule has 0 spiro atoms. The van der Waals surface area contributed by atoms with Crippen LogP contribution in [0.2, 0.25) is 0 Å². The molecule has 6 nitrogen and oxygen atoms in total. The van der Waals surface area contributed by atoms with Crippen molar-refractivity contribution < 1.29 is 20.1 Å². The summed E-state index contributed by atoms with van der Waals surface area (Å²) in [5.41, 5.74) is 5.43. The van der Waals surface area contributed by atoms with E-state index in [1.165, 1.54) is 19.2 Å². The van der Waals surface area contributed by atoms with E-state index in [1.807, 2.05) is 6.07 Å². The van der Waals surface area contributed by atoms with Gasteiger partial charge in [-0.3, -0.25) is 0 Å². The first-order chi connectivity index (χ1) is 8.04. The van der Waals surface area contributed by atoms with Crippen molar-refractivity contribution in [2.24, 2.45) is 5.73 Å². The summed E-state index contributed by atoms with van der Waals surface area (Å²) in [6.07, 6.45) is -2.60. The maximum atomic E-state index is 9.78. The first-order valence-corrected chi connectivity index (χ1v) is 4.92. The number of aliphatic hydroxyl groups is 2. The summed E-state index contributed by atoms with van der Waals surface area (Å²) < 4.78 is 4.87. The molecule has 0 heterocycles. The van der Waals surface area contributed by atoms with Crippen molar-refractivity contribution in [1.29, 1.82) is 5.26 Å². The van der Waals surface area contributed by atoms with E-state index >= 15 is 0 Å². The van der Waals surface area contributed by atoms with Crippen molar-refractivity contribution in [1.82, 2.24) is 0 Å². The van der Waals surface area contributed by atoms with Gasteiger partial charge in [0.25, 0.3) is 0 Å². The number of nitrogens with zero attached hydrogens (tertiary/aromatic N) is 1. The zero-order valence-corrected chi connectivity index (χ0v) is 9.29. The van der Waals surface area contributed by atoms with Gasteiger partial charge in [0.2, 0.25) is 0 Å². The summed E-state index contributed by atoms with van der Waals surface area (Å²) in [6, 6.07) is 4.48. The smallest absolute Gasteiger partial charge is 0.163 e. The molecular weight excluding hydrogens is 224 g/mol. The minimum absolute atomic E-state index is 0.0128. The Morgan fingerprint density at radius 1 is 1.47 bits per heavy atom. The third kappa shape index (κ3) is 2.65. The number of ether oxygens (including phenoxy) is 1. The maximum Gasteiger partial charge on any atom is 0.163 e. The van der Waals surface area contributed by atoms with E-state index < -0.39 is 12.2 Å². The van der Waals surface area contributed by atoms with Crippen LogP contribution in [-0.2, 0) is 0 Å². The molecule has 92 valence electrons. The fourth-order valence-electron chi connectivity index (χ4n) is 1.41. The van der Waals surface area contributed by atoms with Gasteiger partial charge >= 0.3 is 0 Å². The lowest BCUT2D eigenvalue weighted by atomic mass is 10.0. The zero-order valence-electron chi connectivity index (χ0n) is 9.29. The minimum atomic E-state index is -1.37. The van der Waals surface area contributed by atoms with Gasteiger partial charge in [-0.2, -0.15) is 5.26 Å². The second kappa shape index (κ2) is 5.50. The fourth-order valence-corrected chi connectivity index (χ4v) is 1.41. The lowest BCUT2D eigenvalue weighted by Gasteiger charge is -2.18. The van der Waals surface area contributed by atoms with Gasteiger partial charge in [-0.05, 0) is 6.07 Å². The monoisotopic (exact) mass is 238 g/mol. The van der Waals surface area contributed by atoms with Crippen molar-refractivity contribution in [3.63, 3.8) is 0 Å². The number of hydrogen-bond acceptors (Lipinski definition) is 6. The van der Waals surface area contributed by atoms with Crippen LogP contribution in [0, 0.1) is 11.3 Å². The molecule has 0 aliphatic heterocycles. The van der Waals surface area contributed by atoms with Gasteiger partial charge < -0.3 is 25.8 Å². The molecule has 0 radical (unpaired) electrons. The molecule has 1 aromatic carbocycles. The third-order valence-corrected chi connectivity index (χ3v) is 2.38. The van der Waals surface area contributed by atoms with Crippen molar-refractivity contribution >= 4 is 0 Å². The fraction of sp³-hybridized carbons (Fsp3) is 0.364. The highest BCUT2D eigenvalue weighted by Crippen LogP contribution is 2.36. The summed E-state index contributed by atoms with van der Waals surface area (Å²) in [4.78, 5) is 0. The van der Waals surface area contributed by atoms with Gasteiger partial charge in [0, 0.05) is 18.2 Å². The first-order valence-electron chi connectivity index (χ1n) is 4.92.